The van der Waals surface area contributed by atoms with Crippen molar-refractivity contribution in [2.75, 3.05) is 19.6 Å². The summed E-state index contributed by atoms with van der Waals surface area (Å²) in [5.41, 5.74) is 0.968. The van der Waals surface area contributed by atoms with E-state index in [-0.39, 0.29) is 30.2 Å². The summed E-state index contributed by atoms with van der Waals surface area (Å²) in [6, 6.07) is 5.37. The molecule has 1 aromatic carbocycles. The number of nitrogens with one attached hydrogen (secondary N) is 1. The molecule has 106 valence electrons. The molecule has 2 fully saturated rings. The van der Waals surface area contributed by atoms with Gasteiger partial charge in [0.25, 0.3) is 0 Å². The fraction of sp³-hybridized carbons (Fsp3) is 0.429. The summed E-state index contributed by atoms with van der Waals surface area (Å²) in [6.45, 7) is 1.28. The monoisotopic (exact) mass is 312 g/mol. The van der Waals surface area contributed by atoms with Crippen LogP contribution in [0.2, 0.25) is 10.0 Å². The number of rotatable bonds is 2. The van der Waals surface area contributed by atoms with Crippen LogP contribution in [0.3, 0.4) is 0 Å². The van der Waals surface area contributed by atoms with Gasteiger partial charge in [-0.25, -0.2) is 0 Å². The van der Waals surface area contributed by atoms with E-state index >= 15 is 0 Å². The van der Waals surface area contributed by atoms with Gasteiger partial charge in [-0.05, 0) is 30.0 Å². The van der Waals surface area contributed by atoms with Crippen molar-refractivity contribution in [2.45, 2.75) is 12.3 Å². The third-order valence-electron chi connectivity index (χ3n) is 3.82. The van der Waals surface area contributed by atoms with Crippen molar-refractivity contribution in [3.63, 3.8) is 0 Å². The highest BCUT2D eigenvalue weighted by Gasteiger charge is 2.47. The van der Waals surface area contributed by atoms with Crippen molar-refractivity contribution < 1.29 is 9.59 Å². The minimum absolute atomic E-state index is 0.0517. The molecule has 0 aromatic heterocycles. The molecule has 2 unspecified atom stereocenters. The van der Waals surface area contributed by atoms with Crippen LogP contribution in [0.15, 0.2) is 18.2 Å². The van der Waals surface area contributed by atoms with Crippen LogP contribution in [0.1, 0.15) is 17.9 Å². The van der Waals surface area contributed by atoms with Crippen LogP contribution in [0.5, 0.6) is 0 Å². The van der Waals surface area contributed by atoms with E-state index in [0.29, 0.717) is 23.1 Å². The number of amides is 2. The Bertz CT molecular complexity index is 576. The molecule has 3 rings (SSSR count). The molecule has 2 atom stereocenters. The zero-order valence-electron chi connectivity index (χ0n) is 10.7. The number of piperazine rings is 1. The number of carbonyl (C=O) groups is 2. The lowest BCUT2D eigenvalue weighted by Crippen LogP contribution is -2.50. The number of hydrogen-bond donors (Lipinski definition) is 1. The summed E-state index contributed by atoms with van der Waals surface area (Å²) in [6.07, 6.45) is 0.790. The Morgan fingerprint density at radius 1 is 1.35 bits per heavy atom. The molecule has 20 heavy (non-hydrogen) atoms. The van der Waals surface area contributed by atoms with Gasteiger partial charge in [-0.2, -0.15) is 0 Å². The second kappa shape index (κ2) is 5.26. The van der Waals surface area contributed by atoms with Crippen LogP contribution in [0.4, 0.5) is 0 Å². The van der Waals surface area contributed by atoms with Gasteiger partial charge in [-0.15, -0.1) is 0 Å². The highest BCUT2D eigenvalue weighted by atomic mass is 35.5. The zero-order chi connectivity index (χ0) is 14.3. The maximum absolute atomic E-state index is 12.3. The molecule has 2 aliphatic rings. The minimum atomic E-state index is -0.0914. The van der Waals surface area contributed by atoms with Crippen molar-refractivity contribution in [3.8, 4) is 0 Å². The normalized spacial score (nSPS) is 25.3. The first-order valence-electron chi connectivity index (χ1n) is 6.56. The fourth-order valence-corrected chi connectivity index (χ4v) is 3.22. The van der Waals surface area contributed by atoms with E-state index in [0.717, 1.165) is 12.0 Å². The molecule has 1 aromatic rings. The molecule has 0 radical (unpaired) electrons. The lowest BCUT2D eigenvalue weighted by atomic mass is 10.1. The quantitative estimate of drug-likeness (QED) is 0.908. The second-order valence-corrected chi connectivity index (χ2v) is 6.07. The Labute approximate surface area is 127 Å². The van der Waals surface area contributed by atoms with Crippen LogP contribution >= 0.6 is 23.2 Å². The predicted molar refractivity (Wildman–Crippen MR) is 76.9 cm³/mol. The second-order valence-electron chi connectivity index (χ2n) is 5.22. The van der Waals surface area contributed by atoms with Crippen LogP contribution in [0, 0.1) is 5.92 Å². The maximum Gasteiger partial charge on any atom is 0.239 e. The highest BCUT2D eigenvalue weighted by molar-refractivity contribution is 6.35. The number of benzene rings is 1. The standard InChI is InChI=1S/C14H14Cl2N2O2/c15-8-1-2-9(12(16)5-8)10-6-11(10)14(20)18-4-3-17-13(19)7-18/h1-2,5,10-11H,3-4,6-7H2,(H,17,19). The van der Waals surface area contributed by atoms with Gasteiger partial charge in [0, 0.05) is 29.1 Å². The van der Waals surface area contributed by atoms with Crippen LogP contribution < -0.4 is 5.32 Å². The summed E-state index contributed by atoms with van der Waals surface area (Å²) in [7, 11) is 0. The third kappa shape index (κ3) is 2.63. The van der Waals surface area contributed by atoms with Gasteiger partial charge in [0.05, 0.1) is 6.54 Å². The molecule has 4 nitrogen and oxygen atoms in total. The Balaban J connectivity index is 1.69. The van der Waals surface area contributed by atoms with Gasteiger partial charge in [0.2, 0.25) is 11.8 Å². The van der Waals surface area contributed by atoms with Gasteiger partial charge >= 0.3 is 0 Å². The minimum Gasteiger partial charge on any atom is -0.353 e. The van der Waals surface area contributed by atoms with E-state index in [1.807, 2.05) is 6.07 Å². The summed E-state index contributed by atoms with van der Waals surface area (Å²) in [4.78, 5) is 25.3. The number of nitrogens with zero attached hydrogens (tertiary/aromatic N) is 1. The van der Waals surface area contributed by atoms with Crippen molar-refractivity contribution >= 4 is 35.0 Å². The van der Waals surface area contributed by atoms with Gasteiger partial charge in [0.1, 0.15) is 0 Å². The van der Waals surface area contributed by atoms with Crippen molar-refractivity contribution in [3.05, 3.63) is 33.8 Å². The average Bonchev–Trinajstić information content (AvgIpc) is 3.18. The molecule has 6 heteroatoms. The first kappa shape index (κ1) is 13.7. The fourth-order valence-electron chi connectivity index (χ4n) is 2.68. The molecule has 0 spiro atoms. The SMILES string of the molecule is O=C1CN(C(=O)C2CC2c2ccc(Cl)cc2Cl)CCN1. The maximum atomic E-state index is 12.3. The Morgan fingerprint density at radius 2 is 2.15 bits per heavy atom. The zero-order valence-corrected chi connectivity index (χ0v) is 12.2. The van der Waals surface area contributed by atoms with Gasteiger partial charge in [-0.1, -0.05) is 29.3 Å². The van der Waals surface area contributed by atoms with E-state index in [9.17, 15) is 9.59 Å². The number of halogens is 2. The molecular weight excluding hydrogens is 299 g/mol. The highest BCUT2D eigenvalue weighted by Crippen LogP contribution is 2.50. The van der Waals surface area contributed by atoms with Crippen LogP contribution in [-0.4, -0.2) is 36.3 Å². The molecule has 1 heterocycles. The van der Waals surface area contributed by atoms with E-state index in [1.54, 1.807) is 17.0 Å². The third-order valence-corrected chi connectivity index (χ3v) is 4.38. The molecule has 1 saturated carbocycles. The van der Waals surface area contributed by atoms with Crippen molar-refractivity contribution in [1.29, 1.82) is 0 Å². The molecule has 1 aliphatic carbocycles. The molecular formula is C14H14Cl2N2O2. The molecule has 1 saturated heterocycles. The summed E-state index contributed by atoms with van der Waals surface area (Å²) >= 11 is 12.0. The summed E-state index contributed by atoms with van der Waals surface area (Å²) in [5.74, 6) is 0.0546. The topological polar surface area (TPSA) is 49.4 Å². The van der Waals surface area contributed by atoms with Gasteiger partial charge < -0.3 is 10.2 Å². The first-order valence-corrected chi connectivity index (χ1v) is 7.32. The van der Waals surface area contributed by atoms with Crippen molar-refractivity contribution in [2.24, 2.45) is 5.92 Å². The van der Waals surface area contributed by atoms with Crippen LogP contribution in [0.25, 0.3) is 0 Å². The molecule has 1 aliphatic heterocycles. The van der Waals surface area contributed by atoms with E-state index < -0.39 is 0 Å². The van der Waals surface area contributed by atoms with E-state index in [2.05, 4.69) is 5.32 Å². The Kier molecular flexibility index (Phi) is 3.61. The van der Waals surface area contributed by atoms with Gasteiger partial charge in [0.15, 0.2) is 0 Å². The average molecular weight is 313 g/mol. The smallest absolute Gasteiger partial charge is 0.239 e. The molecule has 2 amide bonds. The summed E-state index contributed by atoms with van der Waals surface area (Å²) in [5, 5.41) is 3.91. The number of hydrogen-bond acceptors (Lipinski definition) is 2. The Morgan fingerprint density at radius 3 is 2.85 bits per heavy atom. The molecule has 1 N–H and O–H groups in total. The van der Waals surface area contributed by atoms with E-state index in [1.165, 1.54) is 0 Å². The predicted octanol–water partition coefficient (Wildman–Crippen LogP) is 2.06. The lowest BCUT2D eigenvalue weighted by Gasteiger charge is -2.26. The summed E-state index contributed by atoms with van der Waals surface area (Å²) < 4.78 is 0. The van der Waals surface area contributed by atoms with Crippen LogP contribution in [-0.2, 0) is 9.59 Å². The Hall–Kier alpha value is -1.26. The molecule has 0 bridgehead atoms. The van der Waals surface area contributed by atoms with Crippen molar-refractivity contribution in [1.82, 2.24) is 10.2 Å². The van der Waals surface area contributed by atoms with E-state index in [4.69, 9.17) is 23.2 Å². The largest absolute Gasteiger partial charge is 0.353 e. The lowest BCUT2D eigenvalue weighted by molar-refractivity contribution is -0.139. The van der Waals surface area contributed by atoms with Gasteiger partial charge in [-0.3, -0.25) is 9.59 Å². The first-order chi connectivity index (χ1) is 9.56. The number of carbonyl (C=O) groups excluding carboxylic acids is 2.